The first-order chi connectivity index (χ1) is 11.1. The van der Waals surface area contributed by atoms with Crippen LogP contribution in [0.5, 0.6) is 0 Å². The first-order valence-electron chi connectivity index (χ1n) is 7.33. The van der Waals surface area contributed by atoms with Gasteiger partial charge in [-0.25, -0.2) is 9.97 Å². The molecule has 0 saturated heterocycles. The Hall–Kier alpha value is -1.99. The number of hydrogen-bond acceptors (Lipinski definition) is 5. The largest absolute Gasteiger partial charge is 0.354 e. The summed E-state index contributed by atoms with van der Waals surface area (Å²) in [6.07, 6.45) is 4.04. The van der Waals surface area contributed by atoms with Crippen molar-refractivity contribution in [1.29, 1.82) is 0 Å². The molecule has 0 aliphatic heterocycles. The van der Waals surface area contributed by atoms with Crippen LogP contribution < -0.4 is 10.6 Å². The highest BCUT2D eigenvalue weighted by Gasteiger charge is 2.09. The average molecular weight is 378 g/mol. The molecule has 122 valence electrons. The highest BCUT2D eigenvalue weighted by atomic mass is 79.9. The zero-order valence-corrected chi connectivity index (χ0v) is 14.8. The summed E-state index contributed by atoms with van der Waals surface area (Å²) in [6.45, 7) is 1.79. The first kappa shape index (κ1) is 17.4. The van der Waals surface area contributed by atoms with E-state index in [1.54, 1.807) is 0 Å². The molecule has 0 radical (unpaired) electrons. The van der Waals surface area contributed by atoms with E-state index in [9.17, 15) is 4.79 Å². The second kappa shape index (κ2) is 8.59. The smallest absolute Gasteiger partial charge is 0.258 e. The molecule has 1 aromatic heterocycles. The summed E-state index contributed by atoms with van der Waals surface area (Å²) in [5, 5.41) is 5.96. The minimum atomic E-state index is -0.240. The molecule has 0 aliphatic carbocycles. The van der Waals surface area contributed by atoms with Gasteiger partial charge in [-0.15, -0.1) is 0 Å². The van der Waals surface area contributed by atoms with E-state index in [2.05, 4.69) is 41.4 Å². The van der Waals surface area contributed by atoms with Crippen molar-refractivity contribution in [3.8, 4) is 0 Å². The quantitative estimate of drug-likeness (QED) is 0.726. The zero-order chi connectivity index (χ0) is 16.7. The second-order valence-corrected chi connectivity index (χ2v) is 6.17. The maximum absolute atomic E-state index is 12.2. The molecule has 6 nitrogen and oxygen atoms in total. The fourth-order valence-corrected chi connectivity index (χ4v) is 2.27. The number of amides is 1. The number of benzene rings is 1. The fourth-order valence-electron chi connectivity index (χ4n) is 1.89. The Morgan fingerprint density at radius 2 is 1.91 bits per heavy atom. The average Bonchev–Trinajstić information content (AvgIpc) is 2.54. The van der Waals surface area contributed by atoms with Crippen LogP contribution in [-0.2, 0) is 0 Å². The Morgan fingerprint density at radius 3 is 2.57 bits per heavy atom. The monoisotopic (exact) mass is 377 g/mol. The number of nitrogens with zero attached hydrogens (tertiary/aromatic N) is 3. The molecule has 0 atom stereocenters. The molecular formula is C16H20BrN5O. The number of nitrogens with one attached hydrogen (secondary N) is 2. The third kappa shape index (κ3) is 5.61. The van der Waals surface area contributed by atoms with Gasteiger partial charge in [-0.1, -0.05) is 12.1 Å². The lowest BCUT2D eigenvalue weighted by molar-refractivity contribution is 0.102. The molecule has 0 unspecified atom stereocenters. The van der Waals surface area contributed by atoms with Crippen molar-refractivity contribution in [1.82, 2.24) is 14.9 Å². The molecule has 2 N–H and O–H groups in total. The molecule has 0 saturated carbocycles. The lowest BCUT2D eigenvalue weighted by atomic mass is 10.3. The van der Waals surface area contributed by atoms with E-state index in [-0.39, 0.29) is 5.91 Å². The third-order valence-corrected chi connectivity index (χ3v) is 3.79. The number of aromatic nitrogens is 2. The standard InChI is InChI=1S/C16H20BrN5O/c1-22(2)9-5-8-18-16-19-10-12(11-20-16)15(23)21-14-7-4-3-6-13(14)17/h3-4,6-7,10-11H,5,8-9H2,1-2H3,(H,21,23)(H,18,19,20). The molecule has 0 spiro atoms. The Morgan fingerprint density at radius 1 is 1.22 bits per heavy atom. The van der Waals surface area contributed by atoms with Gasteiger partial charge in [-0.2, -0.15) is 0 Å². The normalized spacial score (nSPS) is 10.6. The van der Waals surface area contributed by atoms with Gasteiger partial charge in [0.25, 0.3) is 5.91 Å². The van der Waals surface area contributed by atoms with Crippen LogP contribution in [0.25, 0.3) is 0 Å². The van der Waals surface area contributed by atoms with E-state index >= 15 is 0 Å². The molecule has 1 heterocycles. The van der Waals surface area contributed by atoms with Crippen molar-refractivity contribution in [2.75, 3.05) is 37.8 Å². The maximum Gasteiger partial charge on any atom is 0.258 e. The van der Waals surface area contributed by atoms with Gasteiger partial charge in [-0.05, 0) is 55.1 Å². The second-order valence-electron chi connectivity index (χ2n) is 5.31. The van der Waals surface area contributed by atoms with E-state index in [1.165, 1.54) is 12.4 Å². The van der Waals surface area contributed by atoms with E-state index in [0.29, 0.717) is 17.2 Å². The number of halogens is 1. The number of carbonyl (C=O) groups is 1. The molecule has 0 aliphatic rings. The van der Waals surface area contributed by atoms with Crippen LogP contribution in [0.1, 0.15) is 16.8 Å². The first-order valence-corrected chi connectivity index (χ1v) is 8.12. The number of rotatable bonds is 7. The molecule has 1 aromatic carbocycles. The molecule has 1 amide bonds. The predicted molar refractivity (Wildman–Crippen MR) is 95.8 cm³/mol. The van der Waals surface area contributed by atoms with Crippen LogP contribution in [0.3, 0.4) is 0 Å². The van der Waals surface area contributed by atoms with Crippen molar-refractivity contribution in [2.45, 2.75) is 6.42 Å². The molecule has 0 fully saturated rings. The van der Waals surface area contributed by atoms with Gasteiger partial charge in [0.2, 0.25) is 5.95 Å². The minimum absolute atomic E-state index is 0.240. The fraction of sp³-hybridized carbons (Fsp3) is 0.312. The molecule has 0 bridgehead atoms. The Kier molecular flexibility index (Phi) is 6.49. The summed E-state index contributed by atoms with van der Waals surface area (Å²) in [5.41, 5.74) is 1.13. The summed E-state index contributed by atoms with van der Waals surface area (Å²) in [7, 11) is 4.07. The highest BCUT2D eigenvalue weighted by molar-refractivity contribution is 9.10. The van der Waals surface area contributed by atoms with Crippen LogP contribution >= 0.6 is 15.9 Å². The lowest BCUT2D eigenvalue weighted by Crippen LogP contribution is -2.17. The predicted octanol–water partition coefficient (Wildman–Crippen LogP) is 2.86. The van der Waals surface area contributed by atoms with Crippen LogP contribution in [0.4, 0.5) is 11.6 Å². The van der Waals surface area contributed by atoms with Crippen LogP contribution in [0, 0.1) is 0 Å². The number of carbonyl (C=O) groups excluding carboxylic acids is 1. The van der Waals surface area contributed by atoms with Crippen molar-refractivity contribution in [3.05, 3.63) is 46.7 Å². The lowest BCUT2D eigenvalue weighted by Gasteiger charge is -2.10. The SMILES string of the molecule is CN(C)CCCNc1ncc(C(=O)Nc2ccccc2Br)cn1. The third-order valence-electron chi connectivity index (χ3n) is 3.10. The number of anilines is 2. The van der Waals surface area contributed by atoms with Gasteiger partial charge in [0, 0.05) is 23.4 Å². The van der Waals surface area contributed by atoms with Crippen LogP contribution in [0.15, 0.2) is 41.1 Å². The molecule has 2 aromatic rings. The maximum atomic E-state index is 12.2. The van der Waals surface area contributed by atoms with Crippen LogP contribution in [0.2, 0.25) is 0 Å². The zero-order valence-electron chi connectivity index (χ0n) is 13.2. The molecule has 23 heavy (non-hydrogen) atoms. The van der Waals surface area contributed by atoms with E-state index in [1.807, 2.05) is 38.4 Å². The topological polar surface area (TPSA) is 70.2 Å². The van der Waals surface area contributed by atoms with Gasteiger partial charge in [0.05, 0.1) is 11.3 Å². The van der Waals surface area contributed by atoms with Crippen molar-refractivity contribution < 1.29 is 4.79 Å². The van der Waals surface area contributed by atoms with E-state index < -0.39 is 0 Å². The molecular weight excluding hydrogens is 358 g/mol. The summed E-state index contributed by atoms with van der Waals surface area (Å²) < 4.78 is 0.827. The Labute approximate surface area is 144 Å². The summed E-state index contributed by atoms with van der Waals surface area (Å²) in [5.74, 6) is 0.289. The van der Waals surface area contributed by atoms with Crippen molar-refractivity contribution in [3.63, 3.8) is 0 Å². The van der Waals surface area contributed by atoms with Gasteiger partial charge in [0.1, 0.15) is 0 Å². The Bertz CT molecular complexity index is 645. The van der Waals surface area contributed by atoms with E-state index in [0.717, 1.165) is 24.0 Å². The van der Waals surface area contributed by atoms with Gasteiger partial charge < -0.3 is 15.5 Å². The van der Waals surface area contributed by atoms with Gasteiger partial charge >= 0.3 is 0 Å². The van der Waals surface area contributed by atoms with Gasteiger partial charge in [-0.3, -0.25) is 4.79 Å². The number of hydrogen-bond donors (Lipinski definition) is 2. The summed E-state index contributed by atoms with van der Waals surface area (Å²) in [4.78, 5) is 22.6. The number of para-hydroxylation sites is 1. The summed E-state index contributed by atoms with van der Waals surface area (Å²) in [6, 6.07) is 7.44. The Balaban J connectivity index is 1.89. The highest BCUT2D eigenvalue weighted by Crippen LogP contribution is 2.21. The molecule has 2 rings (SSSR count). The van der Waals surface area contributed by atoms with Crippen molar-refractivity contribution >= 4 is 33.5 Å². The van der Waals surface area contributed by atoms with E-state index in [4.69, 9.17) is 0 Å². The van der Waals surface area contributed by atoms with Gasteiger partial charge in [0.15, 0.2) is 0 Å². The molecule has 7 heteroatoms. The summed E-state index contributed by atoms with van der Waals surface area (Å²) >= 11 is 3.39. The minimum Gasteiger partial charge on any atom is -0.354 e. The van der Waals surface area contributed by atoms with Crippen LogP contribution in [-0.4, -0.2) is 48.0 Å². The van der Waals surface area contributed by atoms with Crippen molar-refractivity contribution in [2.24, 2.45) is 0 Å².